The molecule has 5 nitrogen and oxygen atoms in total. The van der Waals surface area contributed by atoms with E-state index in [-0.39, 0.29) is 0 Å². The second-order valence-corrected chi connectivity index (χ2v) is 6.45. The van der Waals surface area contributed by atoms with Gasteiger partial charge < -0.3 is 10.1 Å². The number of carbonyl (C=O) groups is 2. The molecule has 0 saturated heterocycles. The van der Waals surface area contributed by atoms with Crippen LogP contribution in [0.3, 0.4) is 0 Å². The summed E-state index contributed by atoms with van der Waals surface area (Å²) in [6.07, 6.45) is 0. The number of nitrogens with one attached hydrogen (secondary N) is 1. The van der Waals surface area contributed by atoms with Crippen molar-refractivity contribution in [3.05, 3.63) is 70.8 Å². The van der Waals surface area contributed by atoms with Gasteiger partial charge in [0, 0.05) is 18.1 Å². The summed E-state index contributed by atoms with van der Waals surface area (Å²) >= 11 is 1.53. The number of hydrogen-bond acceptors (Lipinski definition) is 5. The van der Waals surface area contributed by atoms with Crippen LogP contribution in [-0.2, 0) is 15.3 Å². The van der Waals surface area contributed by atoms with Crippen molar-refractivity contribution in [1.29, 1.82) is 5.26 Å². The number of amides is 1. The number of halogens is 2. The number of hydrogen-bond donors (Lipinski definition) is 1. The summed E-state index contributed by atoms with van der Waals surface area (Å²) in [7, 11) is 0. The highest BCUT2D eigenvalue weighted by molar-refractivity contribution is 7.98. The fourth-order valence-electron chi connectivity index (χ4n) is 2.15. The molecule has 2 aromatic rings. The Labute approximate surface area is 159 Å². The van der Waals surface area contributed by atoms with Crippen LogP contribution < -0.4 is 5.32 Å². The minimum absolute atomic E-state index is 0.323. The maximum Gasteiger partial charge on any atom is 0.344 e. The lowest BCUT2D eigenvalue weighted by Crippen LogP contribution is -2.30. The van der Waals surface area contributed by atoms with Crippen molar-refractivity contribution in [3.8, 4) is 6.07 Å². The third-order valence-corrected chi connectivity index (χ3v) is 4.47. The lowest BCUT2D eigenvalue weighted by atomic mass is 10.1. The minimum Gasteiger partial charge on any atom is -0.452 e. The average molecular weight is 390 g/mol. The molecule has 1 N–H and O–H groups in total. The SMILES string of the molecule is N#Cc1ccccc1CSCCNC(=O)COC(=O)c1c(F)cccc1F. The van der Waals surface area contributed by atoms with Crippen LogP contribution in [0.25, 0.3) is 0 Å². The van der Waals surface area contributed by atoms with E-state index in [4.69, 9.17) is 5.26 Å². The normalized spacial score (nSPS) is 10.1. The first kappa shape index (κ1) is 20.4. The van der Waals surface area contributed by atoms with Gasteiger partial charge in [-0.25, -0.2) is 13.6 Å². The zero-order chi connectivity index (χ0) is 19.6. The average Bonchev–Trinajstić information content (AvgIpc) is 2.66. The Bertz CT molecular complexity index is 848. The second kappa shape index (κ2) is 10.3. The van der Waals surface area contributed by atoms with Crippen molar-refractivity contribution < 1.29 is 23.1 Å². The summed E-state index contributed by atoms with van der Waals surface area (Å²) in [6, 6.07) is 12.4. The van der Waals surface area contributed by atoms with E-state index in [1.165, 1.54) is 11.8 Å². The monoisotopic (exact) mass is 390 g/mol. The molecule has 0 aliphatic carbocycles. The first-order valence-electron chi connectivity index (χ1n) is 7.96. The second-order valence-electron chi connectivity index (χ2n) is 5.34. The van der Waals surface area contributed by atoms with Gasteiger partial charge in [-0.05, 0) is 23.8 Å². The summed E-state index contributed by atoms with van der Waals surface area (Å²) < 4.78 is 31.5. The summed E-state index contributed by atoms with van der Waals surface area (Å²) in [5.41, 5.74) is 0.704. The predicted octanol–water partition coefficient (Wildman–Crippen LogP) is 3.04. The quantitative estimate of drug-likeness (QED) is 0.554. The number of thioether (sulfide) groups is 1. The number of ether oxygens (including phenoxy) is 1. The van der Waals surface area contributed by atoms with E-state index in [9.17, 15) is 18.4 Å². The van der Waals surface area contributed by atoms with Gasteiger partial charge in [0.05, 0.1) is 11.6 Å². The molecular formula is C19H16F2N2O3S. The number of nitriles is 1. The fourth-order valence-corrected chi connectivity index (χ4v) is 3.01. The zero-order valence-electron chi connectivity index (χ0n) is 14.2. The van der Waals surface area contributed by atoms with Crippen LogP contribution in [-0.4, -0.2) is 30.8 Å². The molecule has 0 heterocycles. The van der Waals surface area contributed by atoms with Gasteiger partial charge in [-0.1, -0.05) is 24.3 Å². The Morgan fingerprint density at radius 3 is 2.52 bits per heavy atom. The molecule has 0 saturated carbocycles. The van der Waals surface area contributed by atoms with E-state index in [0.29, 0.717) is 23.6 Å². The number of rotatable bonds is 8. The third-order valence-electron chi connectivity index (χ3n) is 3.47. The zero-order valence-corrected chi connectivity index (χ0v) is 15.0. The predicted molar refractivity (Wildman–Crippen MR) is 97.0 cm³/mol. The number of carbonyl (C=O) groups excluding carboxylic acids is 2. The van der Waals surface area contributed by atoms with Crippen molar-refractivity contribution in [2.45, 2.75) is 5.75 Å². The summed E-state index contributed by atoms with van der Waals surface area (Å²) in [5.74, 6) is -2.69. The molecule has 0 radical (unpaired) electrons. The Balaban J connectivity index is 1.68. The van der Waals surface area contributed by atoms with Gasteiger partial charge in [-0.2, -0.15) is 17.0 Å². The molecule has 0 fully saturated rings. The Kier molecular flexibility index (Phi) is 7.77. The molecule has 0 spiro atoms. The molecule has 0 unspecified atom stereocenters. The maximum absolute atomic E-state index is 13.4. The van der Waals surface area contributed by atoms with Gasteiger partial charge in [0.2, 0.25) is 0 Å². The topological polar surface area (TPSA) is 79.2 Å². The van der Waals surface area contributed by atoms with Gasteiger partial charge in [-0.15, -0.1) is 0 Å². The highest BCUT2D eigenvalue weighted by Gasteiger charge is 2.19. The van der Waals surface area contributed by atoms with E-state index in [1.54, 1.807) is 12.1 Å². The van der Waals surface area contributed by atoms with E-state index in [2.05, 4.69) is 16.1 Å². The van der Waals surface area contributed by atoms with Gasteiger partial charge in [0.25, 0.3) is 5.91 Å². The van der Waals surface area contributed by atoms with Crippen molar-refractivity contribution >= 4 is 23.6 Å². The molecule has 0 aliphatic rings. The van der Waals surface area contributed by atoms with Gasteiger partial charge in [0.15, 0.2) is 6.61 Å². The van der Waals surface area contributed by atoms with Crippen molar-refractivity contribution in [1.82, 2.24) is 5.32 Å². The Morgan fingerprint density at radius 1 is 1.11 bits per heavy atom. The van der Waals surface area contributed by atoms with Gasteiger partial charge in [-0.3, -0.25) is 4.79 Å². The molecule has 0 bridgehead atoms. The molecule has 0 aromatic heterocycles. The van der Waals surface area contributed by atoms with E-state index in [0.717, 1.165) is 23.8 Å². The molecule has 140 valence electrons. The largest absolute Gasteiger partial charge is 0.452 e. The standard InChI is InChI=1S/C19H16F2N2O3S/c20-15-6-3-7-16(21)18(15)19(25)26-11-17(24)23-8-9-27-12-14-5-2-1-4-13(14)10-22/h1-7H,8-9,11-12H2,(H,23,24). The van der Waals surface area contributed by atoms with Crippen LogP contribution >= 0.6 is 11.8 Å². The first-order chi connectivity index (χ1) is 13.0. The molecule has 2 rings (SSSR count). The molecule has 8 heteroatoms. The van der Waals surface area contributed by atoms with Gasteiger partial charge in [0.1, 0.15) is 17.2 Å². The lowest BCUT2D eigenvalue weighted by Gasteiger charge is -2.08. The number of nitrogens with zero attached hydrogens (tertiary/aromatic N) is 1. The van der Waals surface area contributed by atoms with Crippen molar-refractivity contribution in [3.63, 3.8) is 0 Å². The summed E-state index contributed by atoms with van der Waals surface area (Å²) in [6.45, 7) is -0.307. The first-order valence-corrected chi connectivity index (χ1v) is 9.12. The van der Waals surface area contributed by atoms with Crippen LogP contribution in [0.5, 0.6) is 0 Å². The molecule has 2 aromatic carbocycles. The highest BCUT2D eigenvalue weighted by atomic mass is 32.2. The van der Waals surface area contributed by atoms with E-state index < -0.39 is 35.7 Å². The van der Waals surface area contributed by atoms with Crippen LogP contribution in [0.4, 0.5) is 8.78 Å². The highest BCUT2D eigenvalue weighted by Crippen LogP contribution is 2.15. The Morgan fingerprint density at radius 2 is 1.81 bits per heavy atom. The number of benzene rings is 2. The van der Waals surface area contributed by atoms with Crippen LogP contribution in [0.2, 0.25) is 0 Å². The van der Waals surface area contributed by atoms with E-state index >= 15 is 0 Å². The molecular weight excluding hydrogens is 374 g/mol. The summed E-state index contributed by atoms with van der Waals surface area (Å²) in [5, 5.41) is 11.6. The van der Waals surface area contributed by atoms with Crippen LogP contribution in [0.1, 0.15) is 21.5 Å². The fraction of sp³-hybridized carbons (Fsp3) is 0.211. The molecule has 0 aliphatic heterocycles. The maximum atomic E-state index is 13.4. The van der Waals surface area contributed by atoms with Crippen molar-refractivity contribution in [2.24, 2.45) is 0 Å². The number of esters is 1. The van der Waals surface area contributed by atoms with Crippen LogP contribution in [0, 0.1) is 23.0 Å². The molecule has 1 amide bonds. The third kappa shape index (κ3) is 6.08. The molecule has 27 heavy (non-hydrogen) atoms. The smallest absolute Gasteiger partial charge is 0.344 e. The molecule has 0 atom stereocenters. The van der Waals surface area contributed by atoms with Gasteiger partial charge >= 0.3 is 5.97 Å². The lowest BCUT2D eigenvalue weighted by molar-refractivity contribution is -0.124. The summed E-state index contributed by atoms with van der Waals surface area (Å²) in [4.78, 5) is 23.3. The minimum atomic E-state index is -1.23. The Hall–Kier alpha value is -2.92. The van der Waals surface area contributed by atoms with E-state index in [1.807, 2.05) is 12.1 Å². The van der Waals surface area contributed by atoms with Crippen LogP contribution in [0.15, 0.2) is 42.5 Å². The van der Waals surface area contributed by atoms with Crippen molar-refractivity contribution in [2.75, 3.05) is 18.9 Å².